The zero-order valence-corrected chi connectivity index (χ0v) is 6.86. The molecule has 0 saturated heterocycles. The van der Waals surface area contributed by atoms with Crippen LogP contribution in [-0.2, 0) is 0 Å². The number of pyridine rings is 1. The molecule has 0 bridgehead atoms. The van der Waals surface area contributed by atoms with Gasteiger partial charge in [-0.15, -0.1) is 0 Å². The predicted molar refractivity (Wildman–Crippen MR) is 49.6 cm³/mol. The average molecular weight is 175 g/mol. The second kappa shape index (κ2) is 3.24. The molecule has 0 aromatic carbocycles. The first-order chi connectivity index (χ1) is 6.40. The number of aromatic nitrogens is 3. The molecule has 0 aliphatic heterocycles. The minimum atomic E-state index is 0.548. The number of hydrogen-bond acceptors (Lipinski definition) is 4. The topological polar surface area (TPSA) is 79.6 Å². The van der Waals surface area contributed by atoms with Gasteiger partial charge in [-0.1, -0.05) is 0 Å². The van der Waals surface area contributed by atoms with Crippen molar-refractivity contribution in [3.63, 3.8) is 0 Å². The summed E-state index contributed by atoms with van der Waals surface area (Å²) in [6.07, 6.45) is 5.17. The number of imidazole rings is 1. The Morgan fingerprint density at radius 2 is 2.08 bits per heavy atom. The Labute approximate surface area is 75.0 Å². The fraction of sp³-hybridized carbons (Fsp3) is 0. The van der Waals surface area contributed by atoms with Crippen LogP contribution in [0.4, 0.5) is 5.95 Å². The molecule has 0 aliphatic rings. The van der Waals surface area contributed by atoms with Gasteiger partial charge in [-0.2, -0.15) is 0 Å². The normalized spacial score (nSPS) is 9.92. The quantitative estimate of drug-likeness (QED) is 0.465. The number of nitrogens with one attached hydrogen (secondary N) is 2. The standard InChI is InChI=1S/C8H9N5/c9-13-8-11-5-7(12-8)6-1-3-10-4-2-6/h1-5H,9H2,(H2,11,12,13). The van der Waals surface area contributed by atoms with Gasteiger partial charge in [-0.25, -0.2) is 10.8 Å². The van der Waals surface area contributed by atoms with E-state index in [2.05, 4.69) is 20.4 Å². The Morgan fingerprint density at radius 3 is 2.69 bits per heavy atom. The molecule has 0 saturated carbocycles. The van der Waals surface area contributed by atoms with Crippen molar-refractivity contribution in [2.45, 2.75) is 0 Å². The Morgan fingerprint density at radius 1 is 1.31 bits per heavy atom. The summed E-state index contributed by atoms with van der Waals surface area (Å²) in [5.74, 6) is 5.73. The van der Waals surface area contributed by atoms with Gasteiger partial charge in [0.05, 0.1) is 11.9 Å². The molecule has 0 aliphatic carbocycles. The van der Waals surface area contributed by atoms with E-state index in [1.54, 1.807) is 18.6 Å². The molecule has 66 valence electrons. The van der Waals surface area contributed by atoms with E-state index in [9.17, 15) is 0 Å². The molecule has 0 spiro atoms. The van der Waals surface area contributed by atoms with Crippen molar-refractivity contribution in [3.05, 3.63) is 30.7 Å². The number of hydrogen-bond donors (Lipinski definition) is 3. The lowest BCUT2D eigenvalue weighted by Gasteiger charge is -1.94. The van der Waals surface area contributed by atoms with Gasteiger partial charge in [-0.05, 0) is 12.1 Å². The molecule has 2 aromatic heterocycles. The number of rotatable bonds is 2. The maximum absolute atomic E-state index is 5.19. The van der Waals surface area contributed by atoms with E-state index in [1.807, 2.05) is 12.1 Å². The van der Waals surface area contributed by atoms with Crippen LogP contribution in [0.3, 0.4) is 0 Å². The van der Waals surface area contributed by atoms with Crippen LogP contribution in [0.15, 0.2) is 30.7 Å². The smallest absolute Gasteiger partial charge is 0.215 e. The van der Waals surface area contributed by atoms with Crippen LogP contribution in [0, 0.1) is 0 Å². The average Bonchev–Trinajstić information content (AvgIpc) is 2.67. The monoisotopic (exact) mass is 175 g/mol. The summed E-state index contributed by atoms with van der Waals surface area (Å²) in [4.78, 5) is 10.9. The summed E-state index contributed by atoms with van der Waals surface area (Å²) in [6, 6.07) is 3.79. The van der Waals surface area contributed by atoms with Crippen molar-refractivity contribution >= 4 is 5.95 Å². The van der Waals surface area contributed by atoms with Crippen molar-refractivity contribution in [1.29, 1.82) is 0 Å². The van der Waals surface area contributed by atoms with Crippen LogP contribution in [0.25, 0.3) is 11.3 Å². The molecule has 2 rings (SSSR count). The molecule has 13 heavy (non-hydrogen) atoms. The number of hydrazine groups is 1. The van der Waals surface area contributed by atoms with Crippen molar-refractivity contribution in [2.75, 3.05) is 5.43 Å². The van der Waals surface area contributed by atoms with Crippen LogP contribution in [0.2, 0.25) is 0 Å². The second-order valence-electron chi connectivity index (χ2n) is 2.53. The summed E-state index contributed by atoms with van der Waals surface area (Å²) in [6.45, 7) is 0. The summed E-state index contributed by atoms with van der Waals surface area (Å²) in [7, 11) is 0. The minimum Gasteiger partial charge on any atom is -0.323 e. The molecule has 5 heteroatoms. The highest BCUT2D eigenvalue weighted by atomic mass is 15.3. The zero-order chi connectivity index (χ0) is 9.10. The highest BCUT2D eigenvalue weighted by Gasteiger charge is 2.00. The molecule has 0 unspecified atom stereocenters. The maximum atomic E-state index is 5.19. The van der Waals surface area contributed by atoms with E-state index in [4.69, 9.17) is 5.84 Å². The van der Waals surface area contributed by atoms with Gasteiger partial charge in [0, 0.05) is 18.0 Å². The number of nitrogens with zero attached hydrogens (tertiary/aromatic N) is 2. The fourth-order valence-corrected chi connectivity index (χ4v) is 1.07. The molecule has 0 atom stereocenters. The van der Waals surface area contributed by atoms with Gasteiger partial charge in [0.2, 0.25) is 5.95 Å². The third kappa shape index (κ3) is 1.50. The number of H-pyrrole nitrogens is 1. The third-order valence-corrected chi connectivity index (χ3v) is 1.70. The lowest BCUT2D eigenvalue weighted by molar-refractivity contribution is 1.20. The van der Waals surface area contributed by atoms with Crippen molar-refractivity contribution < 1.29 is 0 Å². The molecule has 0 amide bonds. The SMILES string of the molecule is NNc1ncc(-c2ccncc2)[nH]1. The Kier molecular flexibility index (Phi) is 1.93. The minimum absolute atomic E-state index is 0.548. The summed E-state index contributed by atoms with van der Waals surface area (Å²) >= 11 is 0. The van der Waals surface area contributed by atoms with Crippen molar-refractivity contribution in [1.82, 2.24) is 15.0 Å². The summed E-state index contributed by atoms with van der Waals surface area (Å²) in [5.41, 5.74) is 4.38. The van der Waals surface area contributed by atoms with Gasteiger partial charge in [0.1, 0.15) is 0 Å². The lowest BCUT2D eigenvalue weighted by atomic mass is 10.2. The van der Waals surface area contributed by atoms with Crippen LogP contribution < -0.4 is 11.3 Å². The Bertz CT molecular complexity index is 380. The molecular weight excluding hydrogens is 166 g/mol. The first-order valence-corrected chi connectivity index (χ1v) is 3.82. The van der Waals surface area contributed by atoms with Gasteiger partial charge >= 0.3 is 0 Å². The Balaban J connectivity index is 2.36. The third-order valence-electron chi connectivity index (χ3n) is 1.70. The molecule has 2 heterocycles. The lowest BCUT2D eigenvalue weighted by Crippen LogP contribution is -2.07. The molecule has 2 aromatic rings. The summed E-state index contributed by atoms with van der Waals surface area (Å²) < 4.78 is 0. The van der Waals surface area contributed by atoms with E-state index < -0.39 is 0 Å². The molecule has 5 nitrogen and oxygen atoms in total. The molecule has 0 fully saturated rings. The van der Waals surface area contributed by atoms with E-state index in [0.717, 1.165) is 11.3 Å². The molecule has 0 radical (unpaired) electrons. The van der Waals surface area contributed by atoms with Crippen LogP contribution in [0.5, 0.6) is 0 Å². The zero-order valence-electron chi connectivity index (χ0n) is 6.86. The first-order valence-electron chi connectivity index (χ1n) is 3.82. The number of anilines is 1. The summed E-state index contributed by atoms with van der Waals surface area (Å²) in [5, 5.41) is 0. The van der Waals surface area contributed by atoms with Crippen molar-refractivity contribution in [3.8, 4) is 11.3 Å². The highest BCUT2D eigenvalue weighted by molar-refractivity contribution is 5.59. The van der Waals surface area contributed by atoms with Crippen LogP contribution >= 0.6 is 0 Å². The van der Waals surface area contributed by atoms with Gasteiger partial charge in [0.15, 0.2) is 0 Å². The number of aromatic amines is 1. The van der Waals surface area contributed by atoms with Crippen LogP contribution in [-0.4, -0.2) is 15.0 Å². The fourth-order valence-electron chi connectivity index (χ4n) is 1.07. The van der Waals surface area contributed by atoms with Gasteiger partial charge < -0.3 is 4.98 Å². The van der Waals surface area contributed by atoms with E-state index in [1.165, 1.54) is 0 Å². The molecular formula is C8H9N5. The van der Waals surface area contributed by atoms with Crippen molar-refractivity contribution in [2.24, 2.45) is 5.84 Å². The van der Waals surface area contributed by atoms with E-state index >= 15 is 0 Å². The van der Waals surface area contributed by atoms with Gasteiger partial charge in [-0.3, -0.25) is 10.4 Å². The first kappa shape index (κ1) is 7.75. The van der Waals surface area contributed by atoms with E-state index in [0.29, 0.717) is 5.95 Å². The van der Waals surface area contributed by atoms with Gasteiger partial charge in [0.25, 0.3) is 0 Å². The van der Waals surface area contributed by atoms with E-state index in [-0.39, 0.29) is 0 Å². The molecule has 4 N–H and O–H groups in total. The predicted octanol–water partition coefficient (Wildman–Crippen LogP) is 0.757. The Hall–Kier alpha value is -1.88. The maximum Gasteiger partial charge on any atom is 0.215 e. The highest BCUT2D eigenvalue weighted by Crippen LogP contribution is 2.16. The van der Waals surface area contributed by atoms with Crippen LogP contribution in [0.1, 0.15) is 0 Å². The second-order valence-corrected chi connectivity index (χ2v) is 2.53. The number of nitrogens with two attached hydrogens (primary N) is 1. The largest absolute Gasteiger partial charge is 0.323 e. The number of nitrogen functional groups attached to an aromatic ring is 1.